The molecule has 1 saturated heterocycles. The number of hydrogen-bond acceptors (Lipinski definition) is 3. The molecule has 1 aliphatic carbocycles. The normalized spacial score (nSPS) is 30.7. The zero-order valence-corrected chi connectivity index (χ0v) is 10.9. The van der Waals surface area contributed by atoms with Gasteiger partial charge in [0.25, 0.3) is 0 Å². The highest BCUT2D eigenvalue weighted by Crippen LogP contribution is 2.37. The third-order valence-corrected chi connectivity index (χ3v) is 4.78. The molecular weight excluding hydrogens is 222 g/mol. The highest BCUT2D eigenvalue weighted by Gasteiger charge is 2.33. The summed E-state index contributed by atoms with van der Waals surface area (Å²) in [6.07, 6.45) is 6.98. The summed E-state index contributed by atoms with van der Waals surface area (Å²) >= 11 is 0. The lowest BCUT2D eigenvalue weighted by molar-refractivity contribution is 0.187. The first kappa shape index (κ1) is 12.1. The molecule has 1 aromatic heterocycles. The fourth-order valence-electron chi connectivity index (χ4n) is 3.39. The molecule has 0 amide bonds. The van der Waals surface area contributed by atoms with Gasteiger partial charge in [-0.25, -0.2) is 0 Å². The lowest BCUT2D eigenvalue weighted by Gasteiger charge is -2.39. The lowest BCUT2D eigenvalue weighted by Crippen LogP contribution is -2.54. The molecule has 1 aromatic rings. The van der Waals surface area contributed by atoms with Gasteiger partial charge in [-0.3, -0.25) is 4.98 Å². The summed E-state index contributed by atoms with van der Waals surface area (Å²) < 4.78 is 0. The van der Waals surface area contributed by atoms with Crippen molar-refractivity contribution in [2.45, 2.75) is 37.6 Å². The van der Waals surface area contributed by atoms with Crippen LogP contribution < -0.4 is 11.1 Å². The molecule has 0 bridgehead atoms. The Morgan fingerprint density at radius 2 is 1.89 bits per heavy atom. The molecule has 0 spiro atoms. The van der Waals surface area contributed by atoms with Crippen molar-refractivity contribution < 1.29 is 0 Å². The number of nitrogens with zero attached hydrogens (tertiary/aromatic N) is 1. The van der Waals surface area contributed by atoms with Crippen LogP contribution in [0.1, 0.15) is 37.3 Å². The van der Waals surface area contributed by atoms with Crippen molar-refractivity contribution in [2.24, 2.45) is 17.6 Å². The number of pyridine rings is 1. The van der Waals surface area contributed by atoms with Crippen LogP contribution >= 0.6 is 0 Å². The first-order valence-corrected chi connectivity index (χ1v) is 7.22. The molecule has 18 heavy (non-hydrogen) atoms. The fraction of sp³-hybridized carbons (Fsp3) is 0.667. The van der Waals surface area contributed by atoms with E-state index in [1.165, 1.54) is 31.4 Å². The molecule has 1 saturated carbocycles. The van der Waals surface area contributed by atoms with E-state index in [-0.39, 0.29) is 0 Å². The van der Waals surface area contributed by atoms with Crippen LogP contribution in [-0.2, 0) is 0 Å². The van der Waals surface area contributed by atoms with E-state index in [9.17, 15) is 0 Å². The van der Waals surface area contributed by atoms with E-state index in [1.807, 2.05) is 12.3 Å². The van der Waals surface area contributed by atoms with Crippen LogP contribution in [0, 0.1) is 11.8 Å². The van der Waals surface area contributed by atoms with Gasteiger partial charge in [0, 0.05) is 36.9 Å². The summed E-state index contributed by atoms with van der Waals surface area (Å²) in [6.45, 7) is 2.25. The highest BCUT2D eigenvalue weighted by molar-refractivity contribution is 5.10. The van der Waals surface area contributed by atoms with Crippen molar-refractivity contribution >= 4 is 0 Å². The van der Waals surface area contributed by atoms with Gasteiger partial charge in [0.15, 0.2) is 0 Å². The Labute approximate surface area is 109 Å². The monoisotopic (exact) mass is 245 g/mol. The number of rotatable bonds is 3. The first-order chi connectivity index (χ1) is 8.84. The zero-order chi connectivity index (χ0) is 12.4. The summed E-state index contributed by atoms with van der Waals surface area (Å²) in [4.78, 5) is 4.49. The summed E-state index contributed by atoms with van der Waals surface area (Å²) in [7, 11) is 0. The summed E-state index contributed by atoms with van der Waals surface area (Å²) in [5.74, 6) is 2.12. The molecule has 1 aliphatic heterocycles. The lowest BCUT2D eigenvalue weighted by atomic mass is 9.73. The van der Waals surface area contributed by atoms with Crippen molar-refractivity contribution in [3.8, 4) is 0 Å². The maximum atomic E-state index is 6.38. The van der Waals surface area contributed by atoms with E-state index in [4.69, 9.17) is 5.73 Å². The van der Waals surface area contributed by atoms with Gasteiger partial charge in [0.2, 0.25) is 0 Å². The number of aromatic nitrogens is 1. The third kappa shape index (κ3) is 2.43. The molecular formula is C15H23N3. The molecule has 3 nitrogen and oxygen atoms in total. The Bertz CT molecular complexity index is 367. The Morgan fingerprint density at radius 1 is 1.11 bits per heavy atom. The second-order valence-corrected chi connectivity index (χ2v) is 5.86. The van der Waals surface area contributed by atoms with Gasteiger partial charge in [-0.05, 0) is 49.7 Å². The maximum Gasteiger partial charge on any atom is 0.0434 e. The minimum Gasteiger partial charge on any atom is -0.327 e. The van der Waals surface area contributed by atoms with Crippen LogP contribution in [0.5, 0.6) is 0 Å². The predicted molar refractivity (Wildman–Crippen MR) is 73.3 cm³/mol. The summed E-state index contributed by atoms with van der Waals surface area (Å²) in [5, 5.41) is 3.33. The van der Waals surface area contributed by atoms with Crippen LogP contribution in [0.4, 0.5) is 0 Å². The quantitative estimate of drug-likeness (QED) is 0.855. The molecule has 1 unspecified atom stereocenters. The fourth-order valence-corrected chi connectivity index (χ4v) is 3.39. The van der Waals surface area contributed by atoms with E-state index >= 15 is 0 Å². The molecule has 1 atom stereocenters. The molecule has 3 heteroatoms. The number of nitrogens with one attached hydrogen (secondary N) is 1. The highest BCUT2D eigenvalue weighted by atomic mass is 15.0. The SMILES string of the molecule is NC(C1CCC(c2ccccn2)CC1)C1CNC1. The molecule has 0 radical (unpaired) electrons. The van der Waals surface area contributed by atoms with Gasteiger partial charge < -0.3 is 11.1 Å². The Balaban J connectivity index is 1.54. The average Bonchev–Trinajstić information content (AvgIpc) is 2.38. The second kappa shape index (κ2) is 5.37. The van der Waals surface area contributed by atoms with Crippen molar-refractivity contribution in [1.29, 1.82) is 0 Å². The third-order valence-electron chi connectivity index (χ3n) is 4.78. The van der Waals surface area contributed by atoms with Crippen molar-refractivity contribution in [3.63, 3.8) is 0 Å². The molecule has 2 heterocycles. The molecule has 3 rings (SSSR count). The molecule has 2 fully saturated rings. The zero-order valence-electron chi connectivity index (χ0n) is 10.9. The second-order valence-electron chi connectivity index (χ2n) is 5.86. The van der Waals surface area contributed by atoms with E-state index in [1.54, 1.807) is 0 Å². The Hall–Kier alpha value is -0.930. The minimum absolute atomic E-state index is 0.413. The van der Waals surface area contributed by atoms with Crippen LogP contribution in [0.25, 0.3) is 0 Å². The van der Waals surface area contributed by atoms with Gasteiger partial charge in [0.1, 0.15) is 0 Å². The molecule has 3 N–H and O–H groups in total. The first-order valence-electron chi connectivity index (χ1n) is 7.22. The van der Waals surface area contributed by atoms with E-state index in [0.29, 0.717) is 12.0 Å². The van der Waals surface area contributed by atoms with E-state index in [0.717, 1.165) is 24.9 Å². The maximum absolute atomic E-state index is 6.38. The Kier molecular flexibility index (Phi) is 3.62. The number of hydrogen-bond donors (Lipinski definition) is 2. The smallest absolute Gasteiger partial charge is 0.0434 e. The van der Waals surface area contributed by atoms with Gasteiger partial charge in [0.05, 0.1) is 0 Å². The van der Waals surface area contributed by atoms with Gasteiger partial charge >= 0.3 is 0 Å². The summed E-state index contributed by atoms with van der Waals surface area (Å²) in [5.41, 5.74) is 7.66. The average molecular weight is 245 g/mol. The van der Waals surface area contributed by atoms with Crippen molar-refractivity contribution in [1.82, 2.24) is 10.3 Å². The summed E-state index contributed by atoms with van der Waals surface area (Å²) in [6, 6.07) is 6.67. The minimum atomic E-state index is 0.413. The topological polar surface area (TPSA) is 50.9 Å². The van der Waals surface area contributed by atoms with Gasteiger partial charge in [-0.15, -0.1) is 0 Å². The Morgan fingerprint density at radius 3 is 2.44 bits per heavy atom. The molecule has 0 aromatic carbocycles. The van der Waals surface area contributed by atoms with Gasteiger partial charge in [-0.2, -0.15) is 0 Å². The van der Waals surface area contributed by atoms with Crippen LogP contribution in [0.3, 0.4) is 0 Å². The van der Waals surface area contributed by atoms with Crippen molar-refractivity contribution in [3.05, 3.63) is 30.1 Å². The largest absolute Gasteiger partial charge is 0.327 e. The molecule has 2 aliphatic rings. The van der Waals surface area contributed by atoms with Gasteiger partial charge in [-0.1, -0.05) is 6.07 Å². The van der Waals surface area contributed by atoms with E-state index in [2.05, 4.69) is 22.4 Å². The van der Waals surface area contributed by atoms with E-state index < -0.39 is 0 Å². The predicted octanol–water partition coefficient (Wildman–Crippen LogP) is 1.90. The van der Waals surface area contributed by atoms with Crippen LogP contribution in [-0.4, -0.2) is 24.1 Å². The standard InChI is InChI=1S/C15H23N3/c16-15(13-9-17-10-13)12-6-4-11(5-7-12)14-3-1-2-8-18-14/h1-3,8,11-13,15,17H,4-7,9-10,16H2. The van der Waals surface area contributed by atoms with Crippen LogP contribution in [0.15, 0.2) is 24.4 Å². The number of nitrogens with two attached hydrogens (primary N) is 1. The van der Waals surface area contributed by atoms with Crippen LogP contribution in [0.2, 0.25) is 0 Å². The van der Waals surface area contributed by atoms with Crippen molar-refractivity contribution in [2.75, 3.05) is 13.1 Å². The molecule has 98 valence electrons.